The number of halogens is 4. The van der Waals surface area contributed by atoms with Crippen LogP contribution < -0.4 is 19.1 Å². The number of fused-ring (bicyclic) bond motifs is 1. The van der Waals surface area contributed by atoms with E-state index in [1.807, 2.05) is 19.0 Å². The Kier molecular flexibility index (Phi) is 9.15. The number of aromatic nitrogens is 1. The van der Waals surface area contributed by atoms with Crippen LogP contribution in [-0.2, 0) is 4.79 Å². The zero-order valence-electron chi connectivity index (χ0n) is 18.1. The molecule has 0 atom stereocenters. The molecule has 1 amide bonds. The molecular formula is C21H23ClF3N3O4S. The third-order valence-corrected chi connectivity index (χ3v) is 5.33. The number of rotatable bonds is 9. The quantitative estimate of drug-likeness (QED) is 0.423. The zero-order valence-corrected chi connectivity index (χ0v) is 19.7. The summed E-state index contributed by atoms with van der Waals surface area (Å²) in [5.41, 5.74) is 0.468. The molecule has 7 nitrogen and oxygen atoms in total. The highest BCUT2D eigenvalue weighted by molar-refractivity contribution is 7.22. The summed E-state index contributed by atoms with van der Waals surface area (Å²) >= 11 is 1.11. The van der Waals surface area contributed by atoms with Crippen LogP contribution in [-0.4, -0.2) is 63.1 Å². The maximum absolute atomic E-state index is 13.0. The van der Waals surface area contributed by atoms with Crippen LogP contribution in [0.3, 0.4) is 0 Å². The van der Waals surface area contributed by atoms with E-state index in [-0.39, 0.29) is 30.7 Å². The molecule has 0 unspecified atom stereocenters. The van der Waals surface area contributed by atoms with Crippen LogP contribution in [0.1, 0.15) is 0 Å². The average molecular weight is 506 g/mol. The van der Waals surface area contributed by atoms with Gasteiger partial charge in [-0.15, -0.1) is 25.6 Å². The topological polar surface area (TPSA) is 64.1 Å². The van der Waals surface area contributed by atoms with Gasteiger partial charge >= 0.3 is 6.36 Å². The SMILES string of the molecule is COc1cccc(OCC(=O)N(CCN(C)C)c2nc3ccc(OC(F)(F)F)cc3s2)c1.Cl. The number of amides is 1. The number of likely N-dealkylation sites (N-methyl/N-ethyl adjacent to an activating group) is 1. The molecule has 33 heavy (non-hydrogen) atoms. The largest absolute Gasteiger partial charge is 0.573 e. The molecule has 0 saturated heterocycles. The van der Waals surface area contributed by atoms with Crippen molar-refractivity contribution in [2.45, 2.75) is 6.36 Å². The van der Waals surface area contributed by atoms with Gasteiger partial charge in [0.15, 0.2) is 11.7 Å². The summed E-state index contributed by atoms with van der Waals surface area (Å²) in [7, 11) is 5.27. The Labute approximate surface area is 199 Å². The average Bonchev–Trinajstić information content (AvgIpc) is 3.14. The smallest absolute Gasteiger partial charge is 0.497 e. The Hall–Kier alpha value is -2.76. The molecule has 0 N–H and O–H groups in total. The molecule has 1 aromatic heterocycles. The Balaban J connectivity index is 0.00000385. The van der Waals surface area contributed by atoms with E-state index in [4.69, 9.17) is 9.47 Å². The van der Waals surface area contributed by atoms with Crippen LogP contribution in [0.5, 0.6) is 17.2 Å². The molecular weight excluding hydrogens is 483 g/mol. The van der Waals surface area contributed by atoms with Gasteiger partial charge in [0.1, 0.15) is 17.2 Å². The van der Waals surface area contributed by atoms with Gasteiger partial charge < -0.3 is 19.1 Å². The monoisotopic (exact) mass is 505 g/mol. The number of nitrogens with zero attached hydrogens (tertiary/aromatic N) is 3. The fraction of sp³-hybridized carbons (Fsp3) is 0.333. The van der Waals surface area contributed by atoms with Gasteiger partial charge in [-0.2, -0.15) is 0 Å². The van der Waals surface area contributed by atoms with E-state index < -0.39 is 6.36 Å². The first kappa shape index (κ1) is 26.5. The van der Waals surface area contributed by atoms with Crippen molar-refractivity contribution in [3.05, 3.63) is 42.5 Å². The maximum atomic E-state index is 13.0. The second kappa shape index (κ2) is 11.4. The van der Waals surface area contributed by atoms with E-state index in [9.17, 15) is 18.0 Å². The number of methoxy groups -OCH3 is 1. The van der Waals surface area contributed by atoms with Crippen LogP contribution in [0.2, 0.25) is 0 Å². The molecule has 0 radical (unpaired) electrons. The number of carbonyl (C=O) groups is 1. The second-order valence-corrected chi connectivity index (χ2v) is 8.00. The number of anilines is 1. The van der Waals surface area contributed by atoms with Crippen molar-refractivity contribution in [2.75, 3.05) is 45.8 Å². The summed E-state index contributed by atoms with van der Waals surface area (Å²) in [5, 5.41) is 0.366. The number of alkyl halides is 3. The number of ether oxygens (including phenoxy) is 3. The molecule has 0 fully saturated rings. The number of hydrogen-bond acceptors (Lipinski definition) is 7. The molecule has 0 spiro atoms. The first-order valence-corrected chi connectivity index (χ1v) is 10.3. The van der Waals surface area contributed by atoms with E-state index in [2.05, 4.69) is 9.72 Å². The number of thiazole rings is 1. The lowest BCUT2D eigenvalue weighted by atomic mass is 10.3. The summed E-state index contributed by atoms with van der Waals surface area (Å²) in [6.07, 6.45) is -4.79. The van der Waals surface area contributed by atoms with E-state index in [1.165, 1.54) is 30.2 Å². The highest BCUT2D eigenvalue weighted by Crippen LogP contribution is 2.33. The van der Waals surface area contributed by atoms with Gasteiger partial charge in [0.25, 0.3) is 5.91 Å². The van der Waals surface area contributed by atoms with Crippen LogP contribution in [0.15, 0.2) is 42.5 Å². The van der Waals surface area contributed by atoms with Gasteiger partial charge in [-0.3, -0.25) is 9.69 Å². The van der Waals surface area contributed by atoms with Crippen molar-refractivity contribution < 1.29 is 32.2 Å². The number of benzene rings is 2. The van der Waals surface area contributed by atoms with Gasteiger partial charge in [0.05, 0.1) is 17.3 Å². The molecule has 12 heteroatoms. The second-order valence-electron chi connectivity index (χ2n) is 6.99. The van der Waals surface area contributed by atoms with Crippen LogP contribution >= 0.6 is 23.7 Å². The van der Waals surface area contributed by atoms with Crippen molar-refractivity contribution in [1.82, 2.24) is 9.88 Å². The molecule has 3 rings (SSSR count). The first-order valence-electron chi connectivity index (χ1n) is 9.53. The minimum absolute atomic E-state index is 0. The number of carbonyl (C=O) groups excluding carboxylic acids is 1. The minimum atomic E-state index is -4.79. The van der Waals surface area contributed by atoms with Gasteiger partial charge in [-0.05, 0) is 38.4 Å². The highest BCUT2D eigenvalue weighted by Gasteiger charge is 2.31. The summed E-state index contributed by atoms with van der Waals surface area (Å²) in [6, 6.07) is 10.8. The van der Waals surface area contributed by atoms with E-state index in [1.54, 1.807) is 24.3 Å². The van der Waals surface area contributed by atoms with Crippen molar-refractivity contribution in [1.29, 1.82) is 0 Å². The molecule has 1 heterocycles. The van der Waals surface area contributed by atoms with Crippen LogP contribution in [0.4, 0.5) is 18.3 Å². The lowest BCUT2D eigenvalue weighted by molar-refractivity contribution is -0.274. The predicted octanol–water partition coefficient (Wildman–Crippen LogP) is 4.60. The summed E-state index contributed by atoms with van der Waals surface area (Å²) < 4.78 is 52.8. The molecule has 0 aliphatic heterocycles. The molecule has 0 bridgehead atoms. The van der Waals surface area contributed by atoms with Gasteiger partial charge in [-0.1, -0.05) is 17.4 Å². The third kappa shape index (κ3) is 7.65. The van der Waals surface area contributed by atoms with Crippen molar-refractivity contribution >= 4 is 45.0 Å². The van der Waals surface area contributed by atoms with E-state index in [0.717, 1.165) is 11.3 Å². The van der Waals surface area contributed by atoms with E-state index in [0.29, 0.717) is 39.9 Å². The lowest BCUT2D eigenvalue weighted by Crippen LogP contribution is -2.39. The lowest BCUT2D eigenvalue weighted by Gasteiger charge is -2.22. The Morgan fingerprint density at radius 1 is 1.06 bits per heavy atom. The fourth-order valence-corrected chi connectivity index (χ4v) is 3.78. The fourth-order valence-electron chi connectivity index (χ4n) is 2.75. The molecule has 0 aliphatic carbocycles. The van der Waals surface area contributed by atoms with E-state index >= 15 is 0 Å². The van der Waals surface area contributed by atoms with Crippen molar-refractivity contribution in [2.24, 2.45) is 0 Å². The Bertz CT molecular complexity index is 1080. The molecule has 180 valence electrons. The maximum Gasteiger partial charge on any atom is 0.573 e. The van der Waals surface area contributed by atoms with Crippen LogP contribution in [0.25, 0.3) is 10.2 Å². The Morgan fingerprint density at radius 2 is 1.79 bits per heavy atom. The minimum Gasteiger partial charge on any atom is -0.497 e. The van der Waals surface area contributed by atoms with Crippen molar-refractivity contribution in [3.8, 4) is 17.2 Å². The third-order valence-electron chi connectivity index (χ3n) is 4.29. The normalized spacial score (nSPS) is 11.2. The standard InChI is InChI=1S/C21H22F3N3O4S.ClH/c1-26(2)9-10-27(19(28)13-30-15-6-4-5-14(11-15)29-3)20-25-17-8-7-16(12-18(17)32-20)31-21(22,23)24;/h4-8,11-12H,9-10,13H2,1-3H3;1H. The van der Waals surface area contributed by atoms with Gasteiger partial charge in [-0.25, -0.2) is 4.98 Å². The van der Waals surface area contributed by atoms with Crippen LogP contribution in [0, 0.1) is 0 Å². The molecule has 2 aromatic carbocycles. The van der Waals surface area contributed by atoms with Gasteiger partial charge in [0, 0.05) is 25.2 Å². The summed E-state index contributed by atoms with van der Waals surface area (Å²) in [4.78, 5) is 20.8. The molecule has 3 aromatic rings. The predicted molar refractivity (Wildman–Crippen MR) is 123 cm³/mol. The molecule has 0 aliphatic rings. The Morgan fingerprint density at radius 3 is 2.45 bits per heavy atom. The van der Waals surface area contributed by atoms with Gasteiger partial charge in [0.2, 0.25) is 0 Å². The summed E-state index contributed by atoms with van der Waals surface area (Å²) in [6.45, 7) is 0.654. The first-order chi connectivity index (χ1) is 15.1. The highest BCUT2D eigenvalue weighted by atomic mass is 35.5. The van der Waals surface area contributed by atoms with Crippen molar-refractivity contribution in [3.63, 3.8) is 0 Å². The zero-order chi connectivity index (χ0) is 23.3. The summed E-state index contributed by atoms with van der Waals surface area (Å²) in [5.74, 6) is 0.402. The molecule has 0 saturated carbocycles. The number of hydrogen-bond donors (Lipinski definition) is 0.